The highest BCUT2D eigenvalue weighted by molar-refractivity contribution is 5.94. The molecule has 0 saturated carbocycles. The Hall–Kier alpha value is -1.52. The summed E-state index contributed by atoms with van der Waals surface area (Å²) in [7, 11) is 0. The summed E-state index contributed by atoms with van der Waals surface area (Å²) in [5.74, 6) is -1.11. The molecule has 86 valence electrons. The van der Waals surface area contributed by atoms with Gasteiger partial charge in [-0.25, -0.2) is 0 Å². The molecule has 16 heavy (non-hydrogen) atoms. The number of amides is 1. The minimum Gasteiger partial charge on any atom is -0.326 e. The lowest BCUT2D eigenvalue weighted by molar-refractivity contribution is -0.140. The van der Waals surface area contributed by atoms with Crippen molar-refractivity contribution in [1.29, 1.82) is 0 Å². The number of nitrogens with one attached hydrogen (secondary N) is 1. The number of hydrogen-bond donors (Lipinski definition) is 1. The maximum Gasteiger partial charge on any atom is 0.389 e. The predicted molar refractivity (Wildman–Crippen MR) is 53.1 cm³/mol. The van der Waals surface area contributed by atoms with Gasteiger partial charge in [0.25, 0.3) is 0 Å². The summed E-state index contributed by atoms with van der Waals surface area (Å²) >= 11 is 0. The number of halogens is 3. The molecule has 0 aliphatic carbocycles. The summed E-state index contributed by atoms with van der Waals surface area (Å²) < 4.78 is 37.0. The van der Waals surface area contributed by atoms with Crippen LogP contribution in [0.4, 0.5) is 18.9 Å². The Morgan fingerprint density at radius 2 is 2.00 bits per heavy atom. The molecular formula is C11H10F3NO. The molecule has 2 nitrogen and oxygen atoms in total. The largest absolute Gasteiger partial charge is 0.389 e. The summed E-state index contributed by atoms with van der Waals surface area (Å²) in [6.07, 6.45) is -5.29. The lowest BCUT2D eigenvalue weighted by Gasteiger charge is -2.26. The second-order valence-corrected chi connectivity index (χ2v) is 3.86. The standard InChI is InChI=1S/C11H10F3NO/c12-11(13,14)6-7-5-10(16)15-9-4-2-1-3-8(7)9/h1-4,7H,5-6H2,(H,15,16)/t7-/m1/s1. The molecule has 0 unspecified atom stereocenters. The number of fused-ring (bicyclic) bond motifs is 1. The fourth-order valence-electron chi connectivity index (χ4n) is 1.96. The first-order valence-corrected chi connectivity index (χ1v) is 4.91. The molecule has 1 heterocycles. The summed E-state index contributed by atoms with van der Waals surface area (Å²) in [6, 6.07) is 6.62. The van der Waals surface area contributed by atoms with E-state index in [0.717, 1.165) is 0 Å². The van der Waals surface area contributed by atoms with E-state index in [1.807, 2.05) is 0 Å². The molecule has 1 aromatic carbocycles. The second kappa shape index (κ2) is 3.81. The van der Waals surface area contributed by atoms with Crippen molar-refractivity contribution in [1.82, 2.24) is 0 Å². The number of alkyl halides is 3. The highest BCUT2D eigenvalue weighted by Crippen LogP contribution is 2.39. The van der Waals surface area contributed by atoms with E-state index in [9.17, 15) is 18.0 Å². The number of hydrogen-bond acceptors (Lipinski definition) is 1. The lowest BCUT2D eigenvalue weighted by atomic mass is 9.88. The van der Waals surface area contributed by atoms with Gasteiger partial charge in [0.2, 0.25) is 5.91 Å². The van der Waals surface area contributed by atoms with Gasteiger partial charge < -0.3 is 5.32 Å². The van der Waals surface area contributed by atoms with Gasteiger partial charge in [-0.2, -0.15) is 13.2 Å². The van der Waals surface area contributed by atoms with Crippen molar-refractivity contribution in [3.05, 3.63) is 29.8 Å². The highest BCUT2D eigenvalue weighted by atomic mass is 19.4. The molecule has 2 rings (SSSR count). The molecule has 1 aliphatic heterocycles. The molecule has 1 amide bonds. The van der Waals surface area contributed by atoms with Crippen LogP contribution in [0.3, 0.4) is 0 Å². The molecule has 0 spiro atoms. The minimum atomic E-state index is -4.24. The normalized spacial score (nSPS) is 20.2. The van der Waals surface area contributed by atoms with Crippen molar-refractivity contribution in [2.75, 3.05) is 5.32 Å². The molecule has 0 saturated heterocycles. The smallest absolute Gasteiger partial charge is 0.326 e. The van der Waals surface area contributed by atoms with Crippen molar-refractivity contribution in [2.24, 2.45) is 0 Å². The zero-order valence-corrected chi connectivity index (χ0v) is 8.34. The zero-order valence-electron chi connectivity index (χ0n) is 8.34. The number of carbonyl (C=O) groups is 1. The lowest BCUT2D eigenvalue weighted by Crippen LogP contribution is -2.26. The summed E-state index contributed by atoms with van der Waals surface area (Å²) in [5.41, 5.74) is 1.06. The summed E-state index contributed by atoms with van der Waals surface area (Å²) in [5, 5.41) is 2.57. The van der Waals surface area contributed by atoms with Gasteiger partial charge in [0.15, 0.2) is 0 Å². The van der Waals surface area contributed by atoms with Gasteiger partial charge in [-0.1, -0.05) is 18.2 Å². The van der Waals surface area contributed by atoms with E-state index >= 15 is 0 Å². The summed E-state index contributed by atoms with van der Waals surface area (Å²) in [4.78, 5) is 11.2. The van der Waals surface area contributed by atoms with Crippen molar-refractivity contribution < 1.29 is 18.0 Å². The van der Waals surface area contributed by atoms with Gasteiger partial charge in [0.1, 0.15) is 0 Å². The van der Waals surface area contributed by atoms with Crippen molar-refractivity contribution in [3.8, 4) is 0 Å². The first kappa shape index (κ1) is 11.0. The number of carbonyl (C=O) groups excluding carboxylic acids is 1. The first-order valence-electron chi connectivity index (χ1n) is 4.91. The van der Waals surface area contributed by atoms with E-state index in [-0.39, 0.29) is 12.3 Å². The molecule has 0 fully saturated rings. The van der Waals surface area contributed by atoms with Gasteiger partial charge in [-0.15, -0.1) is 0 Å². The van der Waals surface area contributed by atoms with Crippen LogP contribution in [-0.2, 0) is 4.79 Å². The molecule has 0 radical (unpaired) electrons. The van der Waals surface area contributed by atoms with Crippen LogP contribution in [0, 0.1) is 0 Å². The molecule has 1 atom stereocenters. The topological polar surface area (TPSA) is 29.1 Å². The first-order chi connectivity index (χ1) is 7.46. The predicted octanol–water partition coefficient (Wildman–Crippen LogP) is 3.06. The SMILES string of the molecule is O=C1C[C@H](CC(F)(F)F)c2ccccc2N1. The maximum absolute atomic E-state index is 12.3. The third kappa shape index (κ3) is 2.35. The Morgan fingerprint density at radius 3 is 2.69 bits per heavy atom. The molecule has 1 N–H and O–H groups in total. The molecule has 0 bridgehead atoms. The van der Waals surface area contributed by atoms with Crippen molar-refractivity contribution in [2.45, 2.75) is 24.9 Å². The van der Waals surface area contributed by atoms with Crippen LogP contribution in [0.15, 0.2) is 24.3 Å². The highest BCUT2D eigenvalue weighted by Gasteiger charge is 2.36. The second-order valence-electron chi connectivity index (χ2n) is 3.86. The molecule has 0 aromatic heterocycles. The van der Waals surface area contributed by atoms with Gasteiger partial charge in [-0.05, 0) is 11.6 Å². The van der Waals surface area contributed by atoms with Crippen molar-refractivity contribution in [3.63, 3.8) is 0 Å². The van der Waals surface area contributed by atoms with Gasteiger partial charge in [0.05, 0.1) is 6.42 Å². The fraction of sp³-hybridized carbons (Fsp3) is 0.364. The van der Waals surface area contributed by atoms with Crippen LogP contribution in [0.1, 0.15) is 24.3 Å². The average molecular weight is 229 g/mol. The molecular weight excluding hydrogens is 219 g/mol. The monoisotopic (exact) mass is 229 g/mol. The van der Waals surface area contributed by atoms with Crippen molar-refractivity contribution >= 4 is 11.6 Å². The Balaban J connectivity index is 2.30. The fourth-order valence-corrected chi connectivity index (χ4v) is 1.96. The van der Waals surface area contributed by atoms with Crippen LogP contribution in [0.25, 0.3) is 0 Å². The van der Waals surface area contributed by atoms with Crippen LogP contribution >= 0.6 is 0 Å². The third-order valence-corrected chi connectivity index (χ3v) is 2.58. The van der Waals surface area contributed by atoms with E-state index in [1.54, 1.807) is 24.3 Å². The average Bonchev–Trinajstić information content (AvgIpc) is 2.14. The quantitative estimate of drug-likeness (QED) is 0.787. The van der Waals surface area contributed by atoms with Gasteiger partial charge in [-0.3, -0.25) is 4.79 Å². The Kier molecular flexibility index (Phi) is 2.61. The van der Waals surface area contributed by atoms with Crippen LogP contribution < -0.4 is 5.32 Å². The minimum absolute atomic E-state index is 0.101. The van der Waals surface area contributed by atoms with E-state index in [0.29, 0.717) is 11.3 Å². The number of rotatable bonds is 1. The Bertz CT molecular complexity index is 414. The number of benzene rings is 1. The van der Waals surface area contributed by atoms with E-state index < -0.39 is 18.5 Å². The molecule has 1 aromatic rings. The van der Waals surface area contributed by atoms with E-state index in [1.165, 1.54) is 0 Å². The Morgan fingerprint density at radius 1 is 1.31 bits per heavy atom. The molecule has 5 heteroatoms. The zero-order chi connectivity index (χ0) is 11.8. The maximum atomic E-state index is 12.3. The van der Waals surface area contributed by atoms with Gasteiger partial charge >= 0.3 is 6.18 Å². The molecule has 1 aliphatic rings. The summed E-state index contributed by atoms with van der Waals surface area (Å²) in [6.45, 7) is 0. The number of anilines is 1. The van der Waals surface area contributed by atoms with Crippen LogP contribution in [0.2, 0.25) is 0 Å². The Labute approximate surface area is 90.5 Å². The van der Waals surface area contributed by atoms with Crippen LogP contribution in [-0.4, -0.2) is 12.1 Å². The van der Waals surface area contributed by atoms with E-state index in [4.69, 9.17) is 0 Å². The van der Waals surface area contributed by atoms with Gasteiger partial charge in [0, 0.05) is 18.0 Å². The van der Waals surface area contributed by atoms with Crippen LogP contribution in [0.5, 0.6) is 0 Å². The number of para-hydroxylation sites is 1. The van der Waals surface area contributed by atoms with E-state index in [2.05, 4.69) is 5.32 Å². The third-order valence-electron chi connectivity index (χ3n) is 2.58.